The normalized spacial score (nSPS) is 12.3. The number of carbonyl (C=O) groups is 3. The predicted octanol–water partition coefficient (Wildman–Crippen LogP) is 25.3. The lowest BCUT2D eigenvalue weighted by Crippen LogP contribution is -2.30. The van der Waals surface area contributed by atoms with Gasteiger partial charge in [0.25, 0.3) is 0 Å². The maximum atomic E-state index is 13.0. The average Bonchev–Trinajstić information content (AvgIpc) is 3.47. The van der Waals surface area contributed by atoms with Crippen molar-refractivity contribution in [2.24, 2.45) is 0 Å². The molecule has 1 unspecified atom stereocenters. The van der Waals surface area contributed by atoms with Gasteiger partial charge in [0, 0.05) is 19.3 Å². The molecule has 82 heavy (non-hydrogen) atoms. The third-order valence-electron chi connectivity index (χ3n) is 16.6. The second kappa shape index (κ2) is 70.9. The molecule has 0 bridgehead atoms. The molecule has 0 spiro atoms. The lowest BCUT2D eigenvalue weighted by Gasteiger charge is -2.18. The van der Waals surface area contributed by atoms with Crippen LogP contribution in [0.15, 0.2) is 48.6 Å². The Morgan fingerprint density at radius 3 is 0.720 bits per heavy atom. The summed E-state index contributed by atoms with van der Waals surface area (Å²) in [4.78, 5) is 38.4. The molecule has 1 atom stereocenters. The summed E-state index contributed by atoms with van der Waals surface area (Å²) in [6.07, 6.45) is 90.1. The number of hydrogen-bond donors (Lipinski definition) is 0. The average molecular weight is 1150 g/mol. The van der Waals surface area contributed by atoms with Gasteiger partial charge in [-0.25, -0.2) is 0 Å². The van der Waals surface area contributed by atoms with Crippen LogP contribution in [0.3, 0.4) is 0 Å². The van der Waals surface area contributed by atoms with Crippen molar-refractivity contribution in [2.45, 2.75) is 406 Å². The first-order chi connectivity index (χ1) is 40.5. The molecule has 0 fully saturated rings. The fourth-order valence-electron chi connectivity index (χ4n) is 11.0. The molecule has 0 heterocycles. The molecule has 6 heteroatoms. The maximum Gasteiger partial charge on any atom is 0.306 e. The molecule has 0 saturated heterocycles. The molecular weight excluding hydrogens is 1010 g/mol. The summed E-state index contributed by atoms with van der Waals surface area (Å²) in [6, 6.07) is 0. The van der Waals surface area contributed by atoms with Gasteiger partial charge in [-0.15, -0.1) is 0 Å². The van der Waals surface area contributed by atoms with Crippen LogP contribution in [0.25, 0.3) is 0 Å². The van der Waals surface area contributed by atoms with Crippen molar-refractivity contribution in [3.05, 3.63) is 48.6 Å². The largest absolute Gasteiger partial charge is 0.462 e. The fraction of sp³-hybridized carbons (Fsp3) is 0.855. The van der Waals surface area contributed by atoms with E-state index in [0.717, 1.165) is 77.0 Å². The number of allylic oxidation sites excluding steroid dienone is 8. The van der Waals surface area contributed by atoms with E-state index >= 15 is 0 Å². The van der Waals surface area contributed by atoms with E-state index in [1.165, 1.54) is 283 Å². The molecule has 0 saturated carbocycles. The topological polar surface area (TPSA) is 78.9 Å². The van der Waals surface area contributed by atoms with Gasteiger partial charge in [0.1, 0.15) is 13.2 Å². The van der Waals surface area contributed by atoms with E-state index in [-0.39, 0.29) is 31.1 Å². The summed E-state index contributed by atoms with van der Waals surface area (Å²) in [5.41, 5.74) is 0. The molecule has 0 aromatic carbocycles. The molecule has 0 aliphatic heterocycles. The van der Waals surface area contributed by atoms with Gasteiger partial charge in [-0.05, 0) is 83.5 Å². The van der Waals surface area contributed by atoms with Crippen LogP contribution >= 0.6 is 0 Å². The van der Waals surface area contributed by atoms with Crippen molar-refractivity contribution in [3.8, 4) is 0 Å². The highest BCUT2D eigenvalue weighted by Crippen LogP contribution is 2.19. The van der Waals surface area contributed by atoms with Crippen LogP contribution in [-0.2, 0) is 28.6 Å². The maximum absolute atomic E-state index is 13.0. The predicted molar refractivity (Wildman–Crippen MR) is 358 cm³/mol. The molecule has 0 aliphatic rings. The highest BCUT2D eigenvalue weighted by molar-refractivity contribution is 5.71. The Bertz CT molecular complexity index is 1410. The van der Waals surface area contributed by atoms with Crippen molar-refractivity contribution in [1.29, 1.82) is 0 Å². The molecule has 0 rings (SSSR count). The first-order valence-corrected chi connectivity index (χ1v) is 36.6. The third-order valence-corrected chi connectivity index (χ3v) is 16.6. The Hall–Kier alpha value is -2.63. The molecule has 6 nitrogen and oxygen atoms in total. The zero-order valence-electron chi connectivity index (χ0n) is 55.3. The molecule has 0 aliphatic carbocycles. The number of carbonyl (C=O) groups excluding carboxylic acids is 3. The summed E-state index contributed by atoms with van der Waals surface area (Å²) >= 11 is 0. The van der Waals surface area contributed by atoms with Gasteiger partial charge < -0.3 is 14.2 Å². The van der Waals surface area contributed by atoms with E-state index in [1.807, 2.05) is 0 Å². The number of esters is 3. The van der Waals surface area contributed by atoms with Crippen LogP contribution in [0.4, 0.5) is 0 Å². The summed E-state index contributed by atoms with van der Waals surface area (Å²) in [7, 11) is 0. The summed E-state index contributed by atoms with van der Waals surface area (Å²) < 4.78 is 17.0. The molecule has 480 valence electrons. The number of ether oxygens (including phenoxy) is 3. The molecule has 0 aromatic heterocycles. The lowest BCUT2D eigenvalue weighted by molar-refractivity contribution is -0.167. The van der Waals surface area contributed by atoms with Gasteiger partial charge >= 0.3 is 17.9 Å². The SMILES string of the molecule is CCCCC/C=C\CCCCCCCC(=O)OCC(COC(=O)CCCCCCCCCCCCCCCC/C=C\C/C=C\C/C=C\CCCCCCC)OC(=O)CCCCCCCCCCCCCCCCCCCCCCCCC. The monoisotopic (exact) mass is 1150 g/mol. The molecule has 0 N–H and O–H groups in total. The molecular formula is C76H140O6. The summed E-state index contributed by atoms with van der Waals surface area (Å²) in [5, 5.41) is 0. The van der Waals surface area contributed by atoms with Crippen LogP contribution in [0, 0.1) is 0 Å². The Balaban J connectivity index is 4.18. The Kier molecular flexibility index (Phi) is 68.6. The third kappa shape index (κ3) is 68.2. The van der Waals surface area contributed by atoms with Gasteiger partial charge in [-0.2, -0.15) is 0 Å². The number of rotatable bonds is 68. The Morgan fingerprint density at radius 1 is 0.244 bits per heavy atom. The molecule has 0 amide bonds. The highest BCUT2D eigenvalue weighted by atomic mass is 16.6. The standard InChI is InChI=1S/C76H140O6/c1-4-7-10-13-16-19-22-25-27-29-31-33-35-36-37-38-39-40-42-43-45-47-49-51-54-57-60-63-66-69-75(78)81-72-73(71-80-74(77)68-65-62-59-56-53-24-21-18-15-12-9-6-3)82-76(79)70-67-64-61-58-55-52-50-48-46-44-41-34-32-30-28-26-23-20-17-14-11-8-5-2/h18,21-22,25,29,31,35-36,73H,4-17,19-20,23-24,26-28,30,32-34,37-72H2,1-3H3/b21-18-,25-22-,31-29-,36-35-. The van der Waals surface area contributed by atoms with E-state index < -0.39 is 6.10 Å². The number of unbranched alkanes of at least 4 members (excludes halogenated alkanes) is 49. The first kappa shape index (κ1) is 79.4. The van der Waals surface area contributed by atoms with Crippen molar-refractivity contribution in [1.82, 2.24) is 0 Å². The van der Waals surface area contributed by atoms with Crippen LogP contribution in [0.5, 0.6) is 0 Å². The van der Waals surface area contributed by atoms with Crippen LogP contribution in [-0.4, -0.2) is 37.2 Å². The molecule has 0 radical (unpaired) electrons. The van der Waals surface area contributed by atoms with Gasteiger partial charge in [0.2, 0.25) is 0 Å². The van der Waals surface area contributed by atoms with Gasteiger partial charge in [-0.3, -0.25) is 14.4 Å². The lowest BCUT2D eigenvalue weighted by atomic mass is 10.0. The van der Waals surface area contributed by atoms with E-state index in [0.29, 0.717) is 19.3 Å². The fourth-order valence-corrected chi connectivity index (χ4v) is 11.0. The minimum atomic E-state index is -0.775. The molecule has 0 aromatic rings. The van der Waals surface area contributed by atoms with E-state index in [2.05, 4.69) is 69.4 Å². The van der Waals surface area contributed by atoms with Gasteiger partial charge in [-0.1, -0.05) is 345 Å². The van der Waals surface area contributed by atoms with Crippen molar-refractivity contribution < 1.29 is 28.6 Å². The number of hydrogen-bond acceptors (Lipinski definition) is 6. The highest BCUT2D eigenvalue weighted by Gasteiger charge is 2.19. The van der Waals surface area contributed by atoms with Gasteiger partial charge in [0.05, 0.1) is 0 Å². The second-order valence-corrected chi connectivity index (χ2v) is 24.9. The quantitative estimate of drug-likeness (QED) is 0.0261. The zero-order chi connectivity index (χ0) is 59.2. The van der Waals surface area contributed by atoms with Crippen LogP contribution in [0.1, 0.15) is 400 Å². The zero-order valence-corrected chi connectivity index (χ0v) is 55.3. The van der Waals surface area contributed by atoms with Crippen molar-refractivity contribution in [3.63, 3.8) is 0 Å². The minimum absolute atomic E-state index is 0.0712. The Morgan fingerprint density at radius 2 is 0.439 bits per heavy atom. The Labute approximate surface area is 511 Å². The van der Waals surface area contributed by atoms with Crippen molar-refractivity contribution >= 4 is 17.9 Å². The first-order valence-electron chi connectivity index (χ1n) is 36.6. The van der Waals surface area contributed by atoms with E-state index in [1.54, 1.807) is 0 Å². The van der Waals surface area contributed by atoms with Crippen LogP contribution in [0.2, 0.25) is 0 Å². The minimum Gasteiger partial charge on any atom is -0.462 e. The summed E-state index contributed by atoms with van der Waals surface area (Å²) in [5.74, 6) is -0.853. The van der Waals surface area contributed by atoms with E-state index in [4.69, 9.17) is 14.2 Å². The van der Waals surface area contributed by atoms with E-state index in [9.17, 15) is 14.4 Å². The van der Waals surface area contributed by atoms with Gasteiger partial charge in [0.15, 0.2) is 6.10 Å². The van der Waals surface area contributed by atoms with Crippen molar-refractivity contribution in [2.75, 3.05) is 13.2 Å². The van der Waals surface area contributed by atoms with Crippen LogP contribution < -0.4 is 0 Å². The summed E-state index contributed by atoms with van der Waals surface area (Å²) in [6.45, 7) is 6.67. The smallest absolute Gasteiger partial charge is 0.306 e. The second-order valence-electron chi connectivity index (χ2n) is 24.9.